The minimum atomic E-state index is -0.254. The summed E-state index contributed by atoms with van der Waals surface area (Å²) < 4.78 is 4.65. The minimum Gasteiger partial charge on any atom is -0.469 e. The number of carbonyl (C=O) groups is 2. The summed E-state index contributed by atoms with van der Waals surface area (Å²) in [6.07, 6.45) is 15.0. The summed E-state index contributed by atoms with van der Waals surface area (Å²) in [7, 11) is 1.42. The van der Waals surface area contributed by atoms with Gasteiger partial charge in [0.05, 0.1) is 13.2 Å². The van der Waals surface area contributed by atoms with Crippen LogP contribution in [0.25, 0.3) is 0 Å². The van der Waals surface area contributed by atoms with Crippen molar-refractivity contribution in [2.24, 2.45) is 11.8 Å². The molecule has 0 aromatic carbocycles. The smallest absolute Gasteiger partial charge is 0.305 e. The van der Waals surface area contributed by atoms with Gasteiger partial charge in [0.2, 0.25) is 0 Å². The molecule has 3 atom stereocenters. The lowest BCUT2D eigenvalue weighted by molar-refractivity contribution is -0.140. The van der Waals surface area contributed by atoms with Crippen LogP contribution >= 0.6 is 0 Å². The van der Waals surface area contributed by atoms with E-state index >= 15 is 0 Å². The fourth-order valence-electron chi connectivity index (χ4n) is 3.65. The number of hydrogen-bond donors (Lipinski definition) is 1. The molecule has 3 unspecified atom stereocenters. The lowest BCUT2D eigenvalue weighted by Crippen LogP contribution is -2.22. The van der Waals surface area contributed by atoms with Gasteiger partial charge in [0.25, 0.3) is 0 Å². The van der Waals surface area contributed by atoms with Gasteiger partial charge < -0.3 is 9.84 Å². The molecule has 4 nitrogen and oxygen atoms in total. The van der Waals surface area contributed by atoms with E-state index in [0.29, 0.717) is 6.42 Å². The molecule has 0 aromatic heterocycles. The van der Waals surface area contributed by atoms with Gasteiger partial charge in [-0.2, -0.15) is 0 Å². The Balaban J connectivity index is 4.36. The molecule has 0 fully saturated rings. The number of unbranched alkanes of at least 4 members (excludes halogenated alkanes) is 5. The summed E-state index contributed by atoms with van der Waals surface area (Å²) in [6.45, 7) is 5.85. The third kappa shape index (κ3) is 13.6. The number of Topliss-reactive ketones (excluding diaryl/α,β-unsaturated/α-hetero) is 1. The van der Waals surface area contributed by atoms with Gasteiger partial charge in [0.15, 0.2) is 0 Å². The van der Waals surface area contributed by atoms with Crippen LogP contribution < -0.4 is 0 Å². The maximum Gasteiger partial charge on any atom is 0.305 e. The molecule has 0 aliphatic carbocycles. The van der Waals surface area contributed by atoms with Crippen molar-refractivity contribution < 1.29 is 19.4 Å². The molecule has 0 aromatic rings. The van der Waals surface area contributed by atoms with Crippen LogP contribution in [-0.4, -0.2) is 30.1 Å². The molecule has 0 radical (unpaired) electrons. The average Bonchev–Trinajstić information content (AvgIpc) is 2.64. The van der Waals surface area contributed by atoms with Crippen LogP contribution in [0.3, 0.4) is 0 Å². The zero-order chi connectivity index (χ0) is 20.5. The monoisotopic (exact) mass is 382 g/mol. The number of methoxy groups -OCH3 is 1. The topological polar surface area (TPSA) is 63.6 Å². The van der Waals surface area contributed by atoms with Crippen molar-refractivity contribution in [3.8, 4) is 0 Å². The summed E-state index contributed by atoms with van der Waals surface area (Å²) >= 11 is 0. The van der Waals surface area contributed by atoms with Gasteiger partial charge in [0.1, 0.15) is 5.78 Å². The third-order valence-corrected chi connectivity index (χ3v) is 5.33. The van der Waals surface area contributed by atoms with Crippen LogP contribution in [0.15, 0.2) is 12.2 Å². The van der Waals surface area contributed by atoms with Gasteiger partial charge in [-0.05, 0) is 51.9 Å². The van der Waals surface area contributed by atoms with E-state index < -0.39 is 0 Å². The molecule has 27 heavy (non-hydrogen) atoms. The molecule has 0 heterocycles. The number of rotatable bonds is 17. The van der Waals surface area contributed by atoms with Crippen LogP contribution in [-0.2, 0) is 14.3 Å². The van der Waals surface area contributed by atoms with Crippen LogP contribution in [0.5, 0.6) is 0 Å². The number of aliphatic hydroxyl groups is 1. The van der Waals surface area contributed by atoms with Crippen molar-refractivity contribution in [2.45, 2.75) is 104 Å². The van der Waals surface area contributed by atoms with Crippen molar-refractivity contribution in [2.75, 3.05) is 7.11 Å². The molecule has 0 amide bonds. The minimum absolute atomic E-state index is 0.0321. The van der Waals surface area contributed by atoms with E-state index in [4.69, 9.17) is 0 Å². The van der Waals surface area contributed by atoms with Gasteiger partial charge in [0, 0.05) is 12.3 Å². The second kappa shape index (κ2) is 17.0. The molecule has 0 saturated carbocycles. The van der Waals surface area contributed by atoms with E-state index in [-0.39, 0.29) is 29.7 Å². The number of carbonyl (C=O) groups excluding carboxylic acids is 2. The highest BCUT2D eigenvalue weighted by atomic mass is 16.5. The van der Waals surface area contributed by atoms with E-state index in [1.54, 1.807) is 6.92 Å². The molecule has 0 rings (SSSR count). The first-order valence-corrected chi connectivity index (χ1v) is 10.8. The van der Waals surface area contributed by atoms with Crippen LogP contribution in [0.4, 0.5) is 0 Å². The molecule has 0 saturated heterocycles. The van der Waals surface area contributed by atoms with E-state index in [1.165, 1.54) is 20.0 Å². The van der Waals surface area contributed by atoms with Crippen molar-refractivity contribution in [3.05, 3.63) is 12.2 Å². The molecule has 0 aliphatic heterocycles. The molecular formula is C23H42O4. The first kappa shape index (κ1) is 25.8. The van der Waals surface area contributed by atoms with Crippen molar-refractivity contribution in [1.29, 1.82) is 0 Å². The number of aliphatic hydroxyl groups excluding tert-OH is 1. The normalized spacial score (nSPS) is 14.9. The van der Waals surface area contributed by atoms with Crippen LogP contribution in [0, 0.1) is 11.8 Å². The maximum atomic E-state index is 12.2. The second-order valence-electron chi connectivity index (χ2n) is 7.66. The number of esters is 1. The van der Waals surface area contributed by atoms with E-state index in [1.807, 2.05) is 13.0 Å². The van der Waals surface area contributed by atoms with E-state index in [0.717, 1.165) is 57.8 Å². The molecular weight excluding hydrogens is 340 g/mol. The van der Waals surface area contributed by atoms with Gasteiger partial charge in [-0.25, -0.2) is 0 Å². The Morgan fingerprint density at radius 2 is 1.63 bits per heavy atom. The highest BCUT2D eigenvalue weighted by Crippen LogP contribution is 2.27. The summed E-state index contributed by atoms with van der Waals surface area (Å²) in [5, 5.41) is 10.2. The lowest BCUT2D eigenvalue weighted by Gasteiger charge is -2.24. The average molecular weight is 383 g/mol. The first-order valence-electron chi connectivity index (χ1n) is 10.8. The molecule has 0 spiro atoms. The Morgan fingerprint density at radius 1 is 0.963 bits per heavy atom. The summed E-state index contributed by atoms with van der Waals surface area (Å²) in [4.78, 5) is 23.3. The number of ether oxygens (including phenoxy) is 1. The van der Waals surface area contributed by atoms with E-state index in [2.05, 4.69) is 17.7 Å². The van der Waals surface area contributed by atoms with Crippen LogP contribution in [0.2, 0.25) is 0 Å². The van der Waals surface area contributed by atoms with Gasteiger partial charge >= 0.3 is 5.97 Å². The first-order chi connectivity index (χ1) is 13.0. The fraction of sp³-hybridized carbons (Fsp3) is 0.826. The van der Waals surface area contributed by atoms with Crippen molar-refractivity contribution >= 4 is 11.8 Å². The Kier molecular flexibility index (Phi) is 16.2. The largest absolute Gasteiger partial charge is 0.469 e. The zero-order valence-electron chi connectivity index (χ0n) is 18.0. The zero-order valence-corrected chi connectivity index (χ0v) is 18.0. The molecule has 0 aliphatic rings. The Bertz CT molecular complexity index is 417. The third-order valence-electron chi connectivity index (χ3n) is 5.33. The predicted molar refractivity (Wildman–Crippen MR) is 112 cm³/mol. The Hall–Kier alpha value is -1.16. The van der Waals surface area contributed by atoms with Crippen molar-refractivity contribution in [1.82, 2.24) is 0 Å². The van der Waals surface area contributed by atoms with E-state index in [9.17, 15) is 14.7 Å². The van der Waals surface area contributed by atoms with Gasteiger partial charge in [-0.15, -0.1) is 0 Å². The van der Waals surface area contributed by atoms with Crippen molar-refractivity contribution in [3.63, 3.8) is 0 Å². The SMILES string of the molecule is CC=CC(CCC(O)CCCCC)C(CCCCCCC(=O)OC)C(C)=O. The molecule has 4 heteroatoms. The highest BCUT2D eigenvalue weighted by molar-refractivity contribution is 5.78. The molecule has 0 bridgehead atoms. The quantitative estimate of drug-likeness (QED) is 0.201. The fourth-order valence-corrected chi connectivity index (χ4v) is 3.65. The van der Waals surface area contributed by atoms with Crippen LogP contribution in [0.1, 0.15) is 97.8 Å². The Morgan fingerprint density at radius 3 is 2.22 bits per heavy atom. The lowest BCUT2D eigenvalue weighted by atomic mass is 9.81. The maximum absolute atomic E-state index is 12.2. The Labute approximate surface area is 166 Å². The van der Waals surface area contributed by atoms with Gasteiger partial charge in [-0.1, -0.05) is 57.6 Å². The number of allylic oxidation sites excluding steroid dienone is 2. The predicted octanol–water partition coefficient (Wildman–Crippen LogP) is 5.62. The van der Waals surface area contributed by atoms with Gasteiger partial charge in [-0.3, -0.25) is 9.59 Å². The highest BCUT2D eigenvalue weighted by Gasteiger charge is 2.23. The summed E-state index contributed by atoms with van der Waals surface area (Å²) in [6, 6.07) is 0. The molecule has 158 valence electrons. The summed E-state index contributed by atoms with van der Waals surface area (Å²) in [5.41, 5.74) is 0. The number of hydrogen-bond acceptors (Lipinski definition) is 4. The summed E-state index contributed by atoms with van der Waals surface area (Å²) in [5.74, 6) is 0.337. The molecule has 1 N–H and O–H groups in total. The standard InChI is InChI=1S/C23H42O4/c1-5-7-10-14-21(25)18-17-20(13-6-2)22(19(3)24)15-11-8-9-12-16-23(26)27-4/h6,13,20-22,25H,5,7-12,14-18H2,1-4H3. The number of ketones is 1. The second-order valence-corrected chi connectivity index (χ2v) is 7.66.